The Balaban J connectivity index is 2.00. The molecule has 2 aromatic rings. The van der Waals surface area contributed by atoms with Crippen molar-refractivity contribution >= 4 is 29.1 Å². The van der Waals surface area contributed by atoms with Gasteiger partial charge in [-0.15, -0.1) is 0 Å². The molecule has 8 nitrogen and oxygen atoms in total. The molecule has 3 atom stereocenters. The van der Waals surface area contributed by atoms with Crippen molar-refractivity contribution in [3.05, 3.63) is 81.6 Å². The summed E-state index contributed by atoms with van der Waals surface area (Å²) in [5.41, 5.74) is 12.6. The van der Waals surface area contributed by atoms with Gasteiger partial charge in [-0.05, 0) is 59.7 Å². The van der Waals surface area contributed by atoms with Crippen LogP contribution in [0.4, 0.5) is 0 Å². The Bertz CT molecular complexity index is 1170. The first-order valence-electron chi connectivity index (χ1n) is 13.5. The van der Waals surface area contributed by atoms with Gasteiger partial charge in [-0.3, -0.25) is 14.4 Å². The molecule has 39 heavy (non-hydrogen) atoms. The second-order valence-electron chi connectivity index (χ2n) is 10.1. The Kier molecular flexibility index (Phi) is 11.0. The molecule has 6 N–H and O–H groups in total. The van der Waals surface area contributed by atoms with Crippen molar-refractivity contribution in [3.8, 4) is 0 Å². The third kappa shape index (κ3) is 7.65. The molecule has 9 heteroatoms. The van der Waals surface area contributed by atoms with Gasteiger partial charge in [0.15, 0.2) is 0 Å². The summed E-state index contributed by atoms with van der Waals surface area (Å²) in [6, 6.07) is 11.7. The Hall–Kier alpha value is -3.27. The van der Waals surface area contributed by atoms with Crippen molar-refractivity contribution < 1.29 is 19.5 Å². The standard InChI is InChI=1S/C30H40N4O4S/c1-3-11-34(12-4-2)28(37)24-15-23(27(31)36)16-30(17-24,29(32)38)25(14-22-10-13-39-20-22)26(35)19-33-18-21-8-6-5-7-9-21/h5-10,13,15-16,20,25-26,33,35H,3-4,11-12,14,17-19H2,1-2H3,(H2,31,36)(H2,32,38)/t25-,26+,30?/m1/s1. The van der Waals surface area contributed by atoms with Gasteiger partial charge >= 0.3 is 0 Å². The first-order chi connectivity index (χ1) is 18.7. The fraction of sp³-hybridized carbons (Fsp3) is 0.433. The van der Waals surface area contributed by atoms with Gasteiger partial charge in [-0.2, -0.15) is 11.3 Å². The van der Waals surface area contributed by atoms with E-state index in [4.69, 9.17) is 11.5 Å². The Morgan fingerprint density at radius 2 is 1.77 bits per heavy atom. The minimum absolute atomic E-state index is 0.0214. The smallest absolute Gasteiger partial charge is 0.249 e. The highest BCUT2D eigenvalue weighted by Gasteiger charge is 2.49. The summed E-state index contributed by atoms with van der Waals surface area (Å²) in [5, 5.41) is 18.7. The lowest BCUT2D eigenvalue weighted by Crippen LogP contribution is -2.52. The van der Waals surface area contributed by atoms with Crippen LogP contribution in [-0.2, 0) is 27.3 Å². The number of hydrogen-bond donors (Lipinski definition) is 4. The molecule has 0 bridgehead atoms. The number of amides is 3. The van der Waals surface area contributed by atoms with Crippen LogP contribution in [0, 0.1) is 11.3 Å². The summed E-state index contributed by atoms with van der Waals surface area (Å²) in [7, 11) is 0. The molecule has 0 fully saturated rings. The van der Waals surface area contributed by atoms with Crippen LogP contribution in [0.5, 0.6) is 0 Å². The maximum absolute atomic E-state index is 13.6. The zero-order chi connectivity index (χ0) is 28.4. The zero-order valence-electron chi connectivity index (χ0n) is 22.8. The number of nitrogens with one attached hydrogen (secondary N) is 1. The van der Waals surface area contributed by atoms with Crippen molar-refractivity contribution in [2.75, 3.05) is 19.6 Å². The highest BCUT2D eigenvalue weighted by molar-refractivity contribution is 7.07. The van der Waals surface area contributed by atoms with Crippen LogP contribution in [0.2, 0.25) is 0 Å². The average Bonchev–Trinajstić information content (AvgIpc) is 3.44. The summed E-state index contributed by atoms with van der Waals surface area (Å²) in [6.45, 7) is 5.79. The van der Waals surface area contributed by atoms with E-state index in [-0.39, 0.29) is 24.4 Å². The molecule has 1 aromatic carbocycles. The van der Waals surface area contributed by atoms with Gasteiger partial charge in [-0.1, -0.05) is 50.3 Å². The molecule has 1 aromatic heterocycles. The molecule has 0 saturated heterocycles. The van der Waals surface area contributed by atoms with Gasteiger partial charge in [0.25, 0.3) is 0 Å². The molecule has 3 amide bonds. The van der Waals surface area contributed by atoms with Crippen LogP contribution in [0.25, 0.3) is 0 Å². The lowest BCUT2D eigenvalue weighted by Gasteiger charge is -2.41. The lowest BCUT2D eigenvalue weighted by atomic mass is 9.63. The van der Waals surface area contributed by atoms with E-state index >= 15 is 0 Å². The van der Waals surface area contributed by atoms with Gasteiger partial charge in [0.1, 0.15) is 0 Å². The molecule has 1 unspecified atom stereocenters. The van der Waals surface area contributed by atoms with E-state index in [1.165, 1.54) is 23.5 Å². The summed E-state index contributed by atoms with van der Waals surface area (Å²) in [4.78, 5) is 41.2. The van der Waals surface area contributed by atoms with Crippen molar-refractivity contribution in [3.63, 3.8) is 0 Å². The average molecular weight is 553 g/mol. The van der Waals surface area contributed by atoms with Crippen molar-refractivity contribution in [1.82, 2.24) is 10.2 Å². The van der Waals surface area contributed by atoms with E-state index in [0.29, 0.717) is 31.6 Å². The third-order valence-electron chi connectivity index (χ3n) is 7.21. The van der Waals surface area contributed by atoms with Gasteiger partial charge in [0.05, 0.1) is 11.5 Å². The molecule has 1 heterocycles. The number of thiophene rings is 1. The maximum Gasteiger partial charge on any atom is 0.249 e. The van der Waals surface area contributed by atoms with E-state index in [2.05, 4.69) is 5.32 Å². The van der Waals surface area contributed by atoms with E-state index in [1.807, 2.05) is 61.0 Å². The van der Waals surface area contributed by atoms with Crippen molar-refractivity contribution in [1.29, 1.82) is 0 Å². The fourth-order valence-electron chi connectivity index (χ4n) is 5.27. The number of carbonyl (C=O) groups excluding carboxylic acids is 3. The van der Waals surface area contributed by atoms with Crippen LogP contribution < -0.4 is 16.8 Å². The Labute approximate surface area is 234 Å². The summed E-state index contributed by atoms with van der Waals surface area (Å²) >= 11 is 1.51. The highest BCUT2D eigenvalue weighted by Crippen LogP contribution is 2.44. The SMILES string of the molecule is CCCN(CCC)C(=O)C1=CC(C(N)=O)=CC(C(N)=O)([C@H](Cc2ccsc2)[C@@H](O)CNCc2ccccc2)C1. The van der Waals surface area contributed by atoms with Gasteiger partial charge in [-0.25, -0.2) is 0 Å². The van der Waals surface area contributed by atoms with Crippen LogP contribution in [0.1, 0.15) is 44.2 Å². The van der Waals surface area contributed by atoms with E-state index < -0.39 is 29.3 Å². The number of aliphatic hydroxyl groups excluding tert-OH is 1. The first-order valence-corrected chi connectivity index (χ1v) is 14.4. The second-order valence-corrected chi connectivity index (χ2v) is 10.9. The molecule has 1 aliphatic carbocycles. The molecule has 3 rings (SSSR count). The second kappa shape index (κ2) is 14.2. The largest absolute Gasteiger partial charge is 0.391 e. The topological polar surface area (TPSA) is 139 Å². The zero-order valence-corrected chi connectivity index (χ0v) is 23.6. The number of rotatable bonds is 15. The molecule has 1 aliphatic rings. The maximum atomic E-state index is 13.6. The normalized spacial score (nSPS) is 18.5. The van der Waals surface area contributed by atoms with E-state index in [0.717, 1.165) is 24.0 Å². The van der Waals surface area contributed by atoms with Gasteiger partial charge in [0, 0.05) is 43.2 Å². The molecule has 0 aliphatic heterocycles. The highest BCUT2D eigenvalue weighted by atomic mass is 32.1. The van der Waals surface area contributed by atoms with Crippen molar-refractivity contribution in [2.24, 2.45) is 22.8 Å². The third-order valence-corrected chi connectivity index (χ3v) is 7.94. The molecule has 0 spiro atoms. The van der Waals surface area contributed by atoms with Gasteiger partial charge in [0.2, 0.25) is 17.7 Å². The predicted octanol–water partition coefficient (Wildman–Crippen LogP) is 2.92. The van der Waals surface area contributed by atoms with Crippen molar-refractivity contribution in [2.45, 2.75) is 52.2 Å². The number of primary amides is 2. The van der Waals surface area contributed by atoms with Crippen LogP contribution in [0.15, 0.2) is 70.5 Å². The summed E-state index contributed by atoms with van der Waals surface area (Å²) in [6.07, 6.45) is 3.80. The number of carbonyl (C=O) groups is 3. The molecule has 210 valence electrons. The fourth-order valence-corrected chi connectivity index (χ4v) is 5.95. The predicted molar refractivity (Wildman–Crippen MR) is 154 cm³/mol. The van der Waals surface area contributed by atoms with E-state index in [1.54, 1.807) is 4.90 Å². The number of nitrogens with two attached hydrogens (primary N) is 2. The molecular weight excluding hydrogens is 512 g/mol. The molecular formula is C30H40N4O4S. The minimum Gasteiger partial charge on any atom is -0.391 e. The lowest BCUT2D eigenvalue weighted by molar-refractivity contribution is -0.132. The quantitative estimate of drug-likeness (QED) is 0.269. The van der Waals surface area contributed by atoms with Crippen LogP contribution in [0.3, 0.4) is 0 Å². The number of aliphatic hydroxyl groups is 1. The first kappa shape index (κ1) is 30.3. The summed E-state index contributed by atoms with van der Waals surface area (Å²) < 4.78 is 0. The number of benzene rings is 1. The molecule has 0 radical (unpaired) electrons. The number of hydrogen-bond acceptors (Lipinski definition) is 6. The summed E-state index contributed by atoms with van der Waals surface area (Å²) in [5.74, 6) is -2.43. The van der Waals surface area contributed by atoms with Crippen LogP contribution >= 0.6 is 11.3 Å². The van der Waals surface area contributed by atoms with Crippen LogP contribution in [-0.4, -0.2) is 53.5 Å². The van der Waals surface area contributed by atoms with E-state index in [9.17, 15) is 19.5 Å². The Morgan fingerprint density at radius 3 is 2.33 bits per heavy atom. The molecule has 0 saturated carbocycles. The Morgan fingerprint density at radius 1 is 1.08 bits per heavy atom. The minimum atomic E-state index is -1.50. The monoisotopic (exact) mass is 552 g/mol. The number of nitrogens with zero attached hydrogens (tertiary/aromatic N) is 1. The van der Waals surface area contributed by atoms with Gasteiger partial charge < -0.3 is 26.8 Å².